The van der Waals surface area contributed by atoms with Gasteiger partial charge >= 0.3 is 0 Å². The van der Waals surface area contributed by atoms with Crippen molar-refractivity contribution < 1.29 is 4.79 Å². The van der Waals surface area contributed by atoms with Crippen LogP contribution in [-0.4, -0.2) is 16.4 Å². The van der Waals surface area contributed by atoms with Crippen molar-refractivity contribution >= 4 is 5.91 Å². The highest BCUT2D eigenvalue weighted by Gasteiger charge is 2.18. The highest BCUT2D eigenvalue weighted by Crippen LogP contribution is 2.17. The summed E-state index contributed by atoms with van der Waals surface area (Å²) in [5.41, 5.74) is 2.41. The molecule has 3 nitrogen and oxygen atoms in total. The number of rotatable bonds is 4. The third kappa shape index (κ3) is 3.44. The maximum absolute atomic E-state index is 12.1. The molecule has 0 aliphatic rings. The van der Waals surface area contributed by atoms with Crippen LogP contribution in [0.3, 0.4) is 0 Å². The molecule has 0 saturated carbocycles. The molecular weight excluding hydrogens is 248 g/mol. The first-order valence-electron chi connectivity index (χ1n) is 6.86. The molecular formula is C17H20N2O. The third-order valence-corrected chi connectivity index (χ3v) is 3.44. The Kier molecular flexibility index (Phi) is 4.18. The van der Waals surface area contributed by atoms with Crippen molar-refractivity contribution in [3.63, 3.8) is 0 Å². The molecule has 1 N–H and O–H groups in total. The summed E-state index contributed by atoms with van der Waals surface area (Å²) in [6.45, 7) is 6.10. The molecule has 0 atom stereocenters. The number of hydrogen-bond donors (Lipinski definition) is 1. The van der Waals surface area contributed by atoms with E-state index in [4.69, 9.17) is 0 Å². The lowest BCUT2D eigenvalue weighted by molar-refractivity contribution is 0.0911. The van der Waals surface area contributed by atoms with E-state index in [-0.39, 0.29) is 11.4 Å². The molecule has 1 heterocycles. The van der Waals surface area contributed by atoms with Crippen molar-refractivity contribution in [1.29, 1.82) is 0 Å². The van der Waals surface area contributed by atoms with E-state index in [0.717, 1.165) is 17.7 Å². The third-order valence-electron chi connectivity index (χ3n) is 3.44. The normalized spacial score (nSPS) is 11.2. The van der Waals surface area contributed by atoms with Gasteiger partial charge in [-0.1, -0.05) is 25.1 Å². The van der Waals surface area contributed by atoms with Crippen molar-refractivity contribution in [2.24, 2.45) is 0 Å². The van der Waals surface area contributed by atoms with Gasteiger partial charge in [0.05, 0.1) is 5.69 Å². The fourth-order valence-corrected chi connectivity index (χ4v) is 1.79. The second-order valence-electron chi connectivity index (χ2n) is 5.48. The SMILES string of the molecule is CCC(C)(C)NC(=O)c1ccc(-c2ccccn2)cc1. The fourth-order valence-electron chi connectivity index (χ4n) is 1.79. The van der Waals surface area contributed by atoms with E-state index in [1.54, 1.807) is 6.20 Å². The van der Waals surface area contributed by atoms with Crippen LogP contribution in [0.5, 0.6) is 0 Å². The summed E-state index contributed by atoms with van der Waals surface area (Å²) >= 11 is 0. The van der Waals surface area contributed by atoms with Crippen LogP contribution in [0, 0.1) is 0 Å². The second-order valence-corrected chi connectivity index (χ2v) is 5.48. The average molecular weight is 268 g/mol. The van der Waals surface area contributed by atoms with Crippen molar-refractivity contribution in [1.82, 2.24) is 10.3 Å². The molecule has 0 bridgehead atoms. The number of nitrogens with zero attached hydrogens (tertiary/aromatic N) is 1. The number of amides is 1. The molecule has 1 aromatic heterocycles. The van der Waals surface area contributed by atoms with E-state index in [9.17, 15) is 4.79 Å². The molecule has 20 heavy (non-hydrogen) atoms. The van der Waals surface area contributed by atoms with Crippen LogP contribution in [0.4, 0.5) is 0 Å². The molecule has 0 unspecified atom stereocenters. The summed E-state index contributed by atoms with van der Waals surface area (Å²) in [6, 6.07) is 13.3. The zero-order valence-electron chi connectivity index (χ0n) is 12.2. The summed E-state index contributed by atoms with van der Waals surface area (Å²) in [5, 5.41) is 3.03. The zero-order valence-corrected chi connectivity index (χ0v) is 12.2. The Morgan fingerprint density at radius 2 is 1.85 bits per heavy atom. The molecule has 0 aliphatic heterocycles. The molecule has 0 saturated heterocycles. The molecule has 0 aliphatic carbocycles. The minimum Gasteiger partial charge on any atom is -0.347 e. The Labute approximate surface area is 120 Å². The van der Waals surface area contributed by atoms with Crippen LogP contribution >= 0.6 is 0 Å². The van der Waals surface area contributed by atoms with Gasteiger partial charge in [-0.25, -0.2) is 0 Å². The Balaban J connectivity index is 2.15. The summed E-state index contributed by atoms with van der Waals surface area (Å²) in [4.78, 5) is 16.4. The fraction of sp³-hybridized carbons (Fsp3) is 0.294. The lowest BCUT2D eigenvalue weighted by Crippen LogP contribution is -2.42. The van der Waals surface area contributed by atoms with Crippen molar-refractivity contribution in [3.8, 4) is 11.3 Å². The number of nitrogens with one attached hydrogen (secondary N) is 1. The zero-order chi connectivity index (χ0) is 14.6. The predicted octanol–water partition coefficient (Wildman–Crippen LogP) is 3.67. The van der Waals surface area contributed by atoms with Crippen LogP contribution in [0.1, 0.15) is 37.6 Å². The summed E-state index contributed by atoms with van der Waals surface area (Å²) < 4.78 is 0. The molecule has 3 heteroatoms. The highest BCUT2D eigenvalue weighted by atomic mass is 16.1. The maximum atomic E-state index is 12.1. The van der Waals surface area contributed by atoms with Gasteiger partial charge in [0.2, 0.25) is 0 Å². The van der Waals surface area contributed by atoms with Crippen LogP contribution in [0.15, 0.2) is 48.7 Å². The second kappa shape index (κ2) is 5.87. The quantitative estimate of drug-likeness (QED) is 0.919. The Bertz CT molecular complexity index is 574. The van der Waals surface area contributed by atoms with E-state index in [2.05, 4.69) is 17.2 Å². The van der Waals surface area contributed by atoms with E-state index in [0.29, 0.717) is 5.56 Å². The molecule has 0 radical (unpaired) electrons. The van der Waals surface area contributed by atoms with Gasteiger partial charge in [0, 0.05) is 22.9 Å². The van der Waals surface area contributed by atoms with Gasteiger partial charge in [-0.15, -0.1) is 0 Å². The number of aromatic nitrogens is 1. The molecule has 0 spiro atoms. The lowest BCUT2D eigenvalue weighted by atomic mass is 10.0. The van der Waals surface area contributed by atoms with E-state index >= 15 is 0 Å². The topological polar surface area (TPSA) is 42.0 Å². The first kappa shape index (κ1) is 14.3. The van der Waals surface area contributed by atoms with E-state index < -0.39 is 0 Å². The largest absolute Gasteiger partial charge is 0.347 e. The van der Waals surface area contributed by atoms with Crippen molar-refractivity contribution in [2.75, 3.05) is 0 Å². The number of benzene rings is 1. The van der Waals surface area contributed by atoms with Crippen molar-refractivity contribution in [3.05, 3.63) is 54.2 Å². The maximum Gasteiger partial charge on any atom is 0.251 e. The summed E-state index contributed by atoms with van der Waals surface area (Å²) in [7, 11) is 0. The summed E-state index contributed by atoms with van der Waals surface area (Å²) in [6.07, 6.45) is 2.66. The number of carbonyl (C=O) groups is 1. The molecule has 2 aromatic rings. The van der Waals surface area contributed by atoms with Crippen LogP contribution in [0.2, 0.25) is 0 Å². The number of carbonyl (C=O) groups excluding carboxylic acids is 1. The van der Waals surface area contributed by atoms with Crippen LogP contribution in [-0.2, 0) is 0 Å². The Hall–Kier alpha value is -2.16. The van der Waals surface area contributed by atoms with Gasteiger partial charge in [-0.3, -0.25) is 9.78 Å². The van der Waals surface area contributed by atoms with E-state index in [1.165, 1.54) is 0 Å². The first-order valence-corrected chi connectivity index (χ1v) is 6.86. The minimum absolute atomic E-state index is 0.0376. The molecule has 1 aromatic carbocycles. The van der Waals surface area contributed by atoms with Gasteiger partial charge < -0.3 is 5.32 Å². The van der Waals surface area contributed by atoms with Gasteiger partial charge in [0.1, 0.15) is 0 Å². The van der Waals surface area contributed by atoms with Gasteiger partial charge in [0.25, 0.3) is 5.91 Å². The molecule has 1 amide bonds. The predicted molar refractivity (Wildman–Crippen MR) is 81.5 cm³/mol. The Morgan fingerprint density at radius 1 is 1.15 bits per heavy atom. The van der Waals surface area contributed by atoms with Gasteiger partial charge in [-0.05, 0) is 44.5 Å². The van der Waals surface area contributed by atoms with Gasteiger partial charge in [0.15, 0.2) is 0 Å². The molecule has 104 valence electrons. The standard InChI is InChI=1S/C17H20N2O/c1-4-17(2,3)19-16(20)14-10-8-13(9-11-14)15-7-5-6-12-18-15/h5-12H,4H2,1-3H3,(H,19,20). The number of hydrogen-bond acceptors (Lipinski definition) is 2. The smallest absolute Gasteiger partial charge is 0.251 e. The van der Waals surface area contributed by atoms with Crippen molar-refractivity contribution in [2.45, 2.75) is 32.7 Å². The average Bonchev–Trinajstić information content (AvgIpc) is 2.48. The highest BCUT2D eigenvalue weighted by molar-refractivity contribution is 5.95. The van der Waals surface area contributed by atoms with Crippen LogP contribution < -0.4 is 5.32 Å². The lowest BCUT2D eigenvalue weighted by Gasteiger charge is -2.24. The summed E-state index contributed by atoms with van der Waals surface area (Å²) in [5.74, 6) is -0.0376. The van der Waals surface area contributed by atoms with Crippen LogP contribution in [0.25, 0.3) is 11.3 Å². The monoisotopic (exact) mass is 268 g/mol. The molecule has 2 rings (SSSR count). The van der Waals surface area contributed by atoms with E-state index in [1.807, 2.05) is 56.3 Å². The van der Waals surface area contributed by atoms with Gasteiger partial charge in [-0.2, -0.15) is 0 Å². The minimum atomic E-state index is -0.184. The Morgan fingerprint density at radius 3 is 2.40 bits per heavy atom. The first-order chi connectivity index (χ1) is 9.52. The molecule has 0 fully saturated rings. The number of pyridine rings is 1.